The Kier molecular flexibility index (Phi) is 6.09. The van der Waals surface area contributed by atoms with Gasteiger partial charge < -0.3 is 5.11 Å². The fourth-order valence-corrected chi connectivity index (χ4v) is 4.22. The minimum Gasteiger partial charge on any atom is -0.384 e. The lowest BCUT2D eigenvalue weighted by Crippen LogP contribution is -2.42. The first-order valence-electron chi connectivity index (χ1n) is 6.25. The average molecular weight is 350 g/mol. The molecule has 0 aliphatic carbocycles. The summed E-state index contributed by atoms with van der Waals surface area (Å²) < 4.78 is 27.4. The van der Waals surface area contributed by atoms with Crippen molar-refractivity contribution < 1.29 is 13.5 Å². The number of aliphatic hydroxyl groups is 1. The maximum absolute atomic E-state index is 12.4. The number of hydrogen-bond acceptors (Lipinski definition) is 3. The van der Waals surface area contributed by atoms with Crippen LogP contribution in [0.25, 0.3) is 0 Å². The molecule has 7 heteroatoms. The highest BCUT2D eigenvalue weighted by Crippen LogP contribution is 2.31. The van der Waals surface area contributed by atoms with Gasteiger partial charge in [0.25, 0.3) is 0 Å². The second-order valence-electron chi connectivity index (χ2n) is 5.07. The standard InChI is InChI=1S/C14H17Cl2NO3S/c1-4-14(2,3)17-21(19,20)13-11(15)8-10(6-5-7-18)9-12(13)16/h8-9,17-18H,4,7H2,1-3H3. The molecule has 0 fully saturated rings. The first kappa shape index (κ1) is 18.3. The predicted molar refractivity (Wildman–Crippen MR) is 85.1 cm³/mol. The molecule has 0 bridgehead atoms. The van der Waals surface area contributed by atoms with E-state index in [9.17, 15) is 8.42 Å². The van der Waals surface area contributed by atoms with E-state index in [0.29, 0.717) is 12.0 Å². The summed E-state index contributed by atoms with van der Waals surface area (Å²) in [6, 6.07) is 2.81. The van der Waals surface area contributed by atoms with Gasteiger partial charge in [0.2, 0.25) is 10.0 Å². The lowest BCUT2D eigenvalue weighted by atomic mass is 10.0. The molecule has 0 radical (unpaired) electrons. The normalized spacial score (nSPS) is 11.9. The summed E-state index contributed by atoms with van der Waals surface area (Å²) in [5, 5.41) is 8.64. The van der Waals surface area contributed by atoms with E-state index in [1.165, 1.54) is 12.1 Å². The Labute approximate surface area is 135 Å². The Morgan fingerprint density at radius 3 is 2.24 bits per heavy atom. The maximum Gasteiger partial charge on any atom is 0.244 e. The van der Waals surface area contributed by atoms with Gasteiger partial charge in [0.15, 0.2) is 0 Å². The van der Waals surface area contributed by atoms with Crippen LogP contribution in [0.15, 0.2) is 17.0 Å². The number of rotatable bonds is 4. The SMILES string of the molecule is CCC(C)(C)NS(=O)(=O)c1c(Cl)cc(C#CCO)cc1Cl. The molecular weight excluding hydrogens is 333 g/mol. The van der Waals surface area contributed by atoms with E-state index >= 15 is 0 Å². The Bertz CT molecular complexity index is 665. The van der Waals surface area contributed by atoms with Crippen LogP contribution in [0, 0.1) is 11.8 Å². The van der Waals surface area contributed by atoms with Crippen molar-refractivity contribution in [2.24, 2.45) is 0 Å². The fraction of sp³-hybridized carbons (Fsp3) is 0.429. The van der Waals surface area contributed by atoms with Crippen LogP contribution in [0.2, 0.25) is 10.0 Å². The van der Waals surface area contributed by atoms with Crippen LogP contribution >= 0.6 is 23.2 Å². The van der Waals surface area contributed by atoms with E-state index in [4.69, 9.17) is 28.3 Å². The second kappa shape index (κ2) is 6.99. The molecule has 0 amide bonds. The van der Waals surface area contributed by atoms with Crippen molar-refractivity contribution in [2.75, 3.05) is 6.61 Å². The smallest absolute Gasteiger partial charge is 0.244 e. The quantitative estimate of drug-likeness (QED) is 0.821. The summed E-state index contributed by atoms with van der Waals surface area (Å²) >= 11 is 12.1. The van der Waals surface area contributed by atoms with Crippen molar-refractivity contribution in [1.82, 2.24) is 4.72 Å². The summed E-state index contributed by atoms with van der Waals surface area (Å²) in [7, 11) is -3.84. The number of benzene rings is 1. The van der Waals surface area contributed by atoms with Gasteiger partial charge in [0.05, 0.1) is 10.0 Å². The molecule has 0 saturated carbocycles. The highest BCUT2D eigenvalue weighted by Gasteiger charge is 2.28. The van der Waals surface area contributed by atoms with Crippen LogP contribution in [0.3, 0.4) is 0 Å². The number of hydrogen-bond donors (Lipinski definition) is 2. The van der Waals surface area contributed by atoms with Crippen molar-refractivity contribution in [2.45, 2.75) is 37.6 Å². The molecule has 0 aliphatic rings. The lowest BCUT2D eigenvalue weighted by Gasteiger charge is -2.24. The molecule has 0 aliphatic heterocycles. The lowest BCUT2D eigenvalue weighted by molar-refractivity contribution is 0.350. The van der Waals surface area contributed by atoms with Crippen molar-refractivity contribution in [1.29, 1.82) is 0 Å². The summed E-state index contributed by atoms with van der Waals surface area (Å²) in [5.41, 5.74) is -0.173. The van der Waals surface area contributed by atoms with Crippen LogP contribution in [0.1, 0.15) is 32.8 Å². The molecule has 1 aromatic carbocycles. The van der Waals surface area contributed by atoms with Gasteiger partial charge in [0, 0.05) is 11.1 Å². The Morgan fingerprint density at radius 2 is 1.81 bits per heavy atom. The number of nitrogens with one attached hydrogen (secondary N) is 1. The molecule has 0 heterocycles. The van der Waals surface area contributed by atoms with Gasteiger partial charge in [-0.15, -0.1) is 0 Å². The van der Waals surface area contributed by atoms with Crippen LogP contribution < -0.4 is 4.72 Å². The molecule has 0 atom stereocenters. The summed E-state index contributed by atoms with van der Waals surface area (Å²) in [6.45, 7) is 5.11. The summed E-state index contributed by atoms with van der Waals surface area (Å²) in [5.74, 6) is 5.08. The molecule has 2 N–H and O–H groups in total. The zero-order chi connectivity index (χ0) is 16.3. The number of sulfonamides is 1. The van der Waals surface area contributed by atoms with Gasteiger partial charge in [-0.1, -0.05) is 42.0 Å². The number of halogens is 2. The van der Waals surface area contributed by atoms with Gasteiger partial charge in [-0.25, -0.2) is 13.1 Å². The van der Waals surface area contributed by atoms with Crippen LogP contribution in [0.4, 0.5) is 0 Å². The molecule has 21 heavy (non-hydrogen) atoms. The van der Waals surface area contributed by atoms with Crippen molar-refractivity contribution >= 4 is 33.2 Å². The zero-order valence-corrected chi connectivity index (χ0v) is 14.3. The molecule has 116 valence electrons. The van der Waals surface area contributed by atoms with E-state index in [1.807, 2.05) is 6.92 Å². The third kappa shape index (κ3) is 4.87. The van der Waals surface area contributed by atoms with Crippen molar-refractivity contribution in [3.8, 4) is 11.8 Å². The molecule has 0 aromatic heterocycles. The first-order valence-corrected chi connectivity index (χ1v) is 8.49. The highest BCUT2D eigenvalue weighted by atomic mass is 35.5. The van der Waals surface area contributed by atoms with Gasteiger partial charge in [-0.3, -0.25) is 0 Å². The molecular formula is C14H17Cl2NO3S. The minimum atomic E-state index is -3.84. The van der Waals surface area contributed by atoms with Gasteiger partial charge in [-0.05, 0) is 32.4 Å². The summed E-state index contributed by atoms with van der Waals surface area (Å²) in [4.78, 5) is -0.165. The third-order valence-electron chi connectivity index (χ3n) is 2.87. The van der Waals surface area contributed by atoms with Gasteiger partial charge >= 0.3 is 0 Å². The topological polar surface area (TPSA) is 66.4 Å². The third-order valence-corrected chi connectivity index (χ3v) is 5.49. The molecule has 1 rings (SSSR count). The summed E-state index contributed by atoms with van der Waals surface area (Å²) in [6.07, 6.45) is 0.613. The average Bonchev–Trinajstić information content (AvgIpc) is 2.33. The Morgan fingerprint density at radius 1 is 1.29 bits per heavy atom. The minimum absolute atomic E-state index is 0.0101. The molecule has 0 unspecified atom stereocenters. The van der Waals surface area contributed by atoms with E-state index in [1.54, 1.807) is 13.8 Å². The second-order valence-corrected chi connectivity index (χ2v) is 7.51. The Hall–Kier alpha value is -0.770. The van der Waals surface area contributed by atoms with Gasteiger partial charge in [0.1, 0.15) is 11.5 Å². The highest BCUT2D eigenvalue weighted by molar-refractivity contribution is 7.89. The molecule has 1 aromatic rings. The number of aliphatic hydroxyl groups excluding tert-OH is 1. The van der Waals surface area contributed by atoms with Crippen molar-refractivity contribution in [3.05, 3.63) is 27.7 Å². The monoisotopic (exact) mass is 349 g/mol. The van der Waals surface area contributed by atoms with Crippen LogP contribution in [-0.4, -0.2) is 25.7 Å². The van der Waals surface area contributed by atoms with E-state index in [0.717, 1.165) is 0 Å². The van der Waals surface area contributed by atoms with E-state index in [2.05, 4.69) is 16.6 Å². The van der Waals surface area contributed by atoms with Crippen LogP contribution in [0.5, 0.6) is 0 Å². The molecule has 0 spiro atoms. The largest absolute Gasteiger partial charge is 0.384 e. The first-order chi connectivity index (χ1) is 9.63. The van der Waals surface area contributed by atoms with Gasteiger partial charge in [-0.2, -0.15) is 0 Å². The fourth-order valence-electron chi connectivity index (χ4n) is 1.52. The Balaban J connectivity index is 3.32. The molecule has 0 saturated heterocycles. The molecule has 4 nitrogen and oxygen atoms in total. The maximum atomic E-state index is 12.4. The van der Waals surface area contributed by atoms with E-state index < -0.39 is 15.6 Å². The van der Waals surface area contributed by atoms with Crippen molar-refractivity contribution in [3.63, 3.8) is 0 Å². The zero-order valence-electron chi connectivity index (χ0n) is 12.0. The van der Waals surface area contributed by atoms with E-state index in [-0.39, 0.29) is 21.5 Å². The van der Waals surface area contributed by atoms with Crippen LogP contribution in [-0.2, 0) is 10.0 Å². The predicted octanol–water partition coefficient (Wildman–Crippen LogP) is 2.80.